The van der Waals surface area contributed by atoms with Crippen LogP contribution < -0.4 is 5.32 Å². The monoisotopic (exact) mass is 342 g/mol. The van der Waals surface area contributed by atoms with Crippen LogP contribution in [0.3, 0.4) is 0 Å². The van der Waals surface area contributed by atoms with E-state index in [4.69, 9.17) is 4.42 Å². The average molecular weight is 342 g/mol. The van der Waals surface area contributed by atoms with Crippen LogP contribution in [0, 0.1) is 11.3 Å². The van der Waals surface area contributed by atoms with E-state index in [1.165, 1.54) is 12.8 Å². The minimum atomic E-state index is 0.0872. The summed E-state index contributed by atoms with van der Waals surface area (Å²) in [7, 11) is 0. The molecule has 0 unspecified atom stereocenters. The number of hydrogen-bond acceptors (Lipinski definition) is 4. The minimum Gasteiger partial charge on any atom is -0.468 e. The number of furan rings is 1. The number of nitrogens with zero attached hydrogens (tertiary/aromatic N) is 3. The van der Waals surface area contributed by atoms with Gasteiger partial charge in [0.1, 0.15) is 5.76 Å². The zero-order valence-electron chi connectivity index (χ0n) is 14.6. The Morgan fingerprint density at radius 3 is 3.04 bits per heavy atom. The molecule has 0 bridgehead atoms. The molecule has 1 N–H and O–H groups in total. The summed E-state index contributed by atoms with van der Waals surface area (Å²) in [4.78, 5) is 15.0. The van der Waals surface area contributed by atoms with E-state index in [1.54, 1.807) is 6.26 Å². The number of rotatable bonds is 7. The molecule has 1 saturated heterocycles. The number of piperidine rings is 1. The standard InChI is InChI=1S/C19H26N4O2/c24-18(20-14-19(6-7-19)15-23-10-3-8-21-23)16-4-1-9-22(12-16)13-17-5-2-11-25-17/h2-3,5,8,10-11,16H,1,4,6-7,9,12-15H2,(H,20,24)/t16-/m1/s1. The van der Waals surface area contributed by atoms with Crippen molar-refractivity contribution in [2.45, 2.75) is 38.8 Å². The highest BCUT2D eigenvalue weighted by Crippen LogP contribution is 2.46. The van der Waals surface area contributed by atoms with Crippen molar-refractivity contribution in [2.75, 3.05) is 19.6 Å². The fourth-order valence-corrected chi connectivity index (χ4v) is 3.76. The van der Waals surface area contributed by atoms with Crippen LogP contribution in [0.2, 0.25) is 0 Å². The van der Waals surface area contributed by atoms with Crippen LogP contribution in [0.1, 0.15) is 31.4 Å². The molecule has 2 aliphatic rings. The Balaban J connectivity index is 1.26. The number of nitrogens with one attached hydrogen (secondary N) is 1. The van der Waals surface area contributed by atoms with Crippen LogP contribution in [0.4, 0.5) is 0 Å². The summed E-state index contributed by atoms with van der Waals surface area (Å²) >= 11 is 0. The summed E-state index contributed by atoms with van der Waals surface area (Å²) in [5, 5.41) is 7.51. The van der Waals surface area contributed by atoms with Crippen LogP contribution in [0.15, 0.2) is 41.3 Å². The minimum absolute atomic E-state index is 0.0872. The highest BCUT2D eigenvalue weighted by atomic mass is 16.3. The molecule has 0 aromatic carbocycles. The van der Waals surface area contributed by atoms with Crippen LogP contribution in [0.25, 0.3) is 0 Å². The van der Waals surface area contributed by atoms with Gasteiger partial charge >= 0.3 is 0 Å². The lowest BCUT2D eigenvalue weighted by atomic mass is 9.96. The molecule has 2 aromatic heterocycles. The molecule has 134 valence electrons. The van der Waals surface area contributed by atoms with Crippen molar-refractivity contribution in [1.29, 1.82) is 0 Å². The van der Waals surface area contributed by atoms with Gasteiger partial charge in [-0.3, -0.25) is 14.4 Å². The van der Waals surface area contributed by atoms with E-state index >= 15 is 0 Å². The second-order valence-corrected chi connectivity index (χ2v) is 7.58. The molecule has 0 spiro atoms. The number of amides is 1. The van der Waals surface area contributed by atoms with E-state index in [1.807, 2.05) is 35.3 Å². The molecule has 0 radical (unpaired) electrons. The van der Waals surface area contributed by atoms with Crippen molar-refractivity contribution < 1.29 is 9.21 Å². The first-order valence-electron chi connectivity index (χ1n) is 9.22. The summed E-state index contributed by atoms with van der Waals surface area (Å²) < 4.78 is 7.41. The first-order valence-corrected chi connectivity index (χ1v) is 9.22. The fourth-order valence-electron chi connectivity index (χ4n) is 3.76. The maximum atomic E-state index is 12.6. The zero-order valence-corrected chi connectivity index (χ0v) is 14.6. The van der Waals surface area contributed by atoms with E-state index < -0.39 is 0 Å². The molecule has 1 atom stereocenters. The number of hydrogen-bond donors (Lipinski definition) is 1. The molecule has 6 nitrogen and oxygen atoms in total. The first-order chi connectivity index (χ1) is 12.2. The molecule has 1 aliphatic heterocycles. The van der Waals surface area contributed by atoms with Gasteiger partial charge in [0.2, 0.25) is 5.91 Å². The second kappa shape index (κ2) is 7.04. The van der Waals surface area contributed by atoms with Gasteiger partial charge in [0.25, 0.3) is 0 Å². The first kappa shape index (κ1) is 16.4. The van der Waals surface area contributed by atoms with Crippen LogP contribution in [-0.2, 0) is 17.9 Å². The smallest absolute Gasteiger partial charge is 0.224 e. The van der Waals surface area contributed by atoms with Crippen molar-refractivity contribution in [1.82, 2.24) is 20.0 Å². The van der Waals surface area contributed by atoms with Crippen LogP contribution >= 0.6 is 0 Å². The Kier molecular flexibility index (Phi) is 4.61. The van der Waals surface area contributed by atoms with Crippen molar-refractivity contribution >= 4 is 5.91 Å². The van der Waals surface area contributed by atoms with E-state index in [2.05, 4.69) is 15.3 Å². The van der Waals surface area contributed by atoms with E-state index in [9.17, 15) is 4.79 Å². The molecular weight excluding hydrogens is 316 g/mol. The predicted molar refractivity (Wildman–Crippen MR) is 93.6 cm³/mol. The summed E-state index contributed by atoms with van der Waals surface area (Å²) in [6.07, 6.45) is 9.90. The normalized spacial score (nSPS) is 22.6. The molecule has 3 heterocycles. The maximum absolute atomic E-state index is 12.6. The van der Waals surface area contributed by atoms with Crippen LogP contribution in [0.5, 0.6) is 0 Å². The molecule has 2 aromatic rings. The topological polar surface area (TPSA) is 63.3 Å². The lowest BCUT2D eigenvalue weighted by molar-refractivity contribution is -0.127. The van der Waals surface area contributed by atoms with Crippen molar-refractivity contribution in [3.63, 3.8) is 0 Å². The Bertz CT molecular complexity index is 676. The molecule has 1 aliphatic carbocycles. The molecule has 25 heavy (non-hydrogen) atoms. The van der Waals surface area contributed by atoms with E-state index in [-0.39, 0.29) is 17.2 Å². The number of carbonyl (C=O) groups excluding carboxylic acids is 1. The molecule has 1 amide bonds. The van der Waals surface area contributed by atoms with Crippen molar-refractivity contribution in [2.24, 2.45) is 11.3 Å². The third-order valence-corrected chi connectivity index (χ3v) is 5.49. The SMILES string of the molecule is O=C(NCC1(Cn2cccn2)CC1)[C@@H]1CCCN(Cc2ccco2)C1. The third-order valence-electron chi connectivity index (χ3n) is 5.49. The van der Waals surface area contributed by atoms with Gasteiger partial charge in [-0.25, -0.2) is 0 Å². The molecule has 1 saturated carbocycles. The van der Waals surface area contributed by atoms with Crippen molar-refractivity contribution in [3.8, 4) is 0 Å². The molecular formula is C19H26N4O2. The maximum Gasteiger partial charge on any atom is 0.224 e. The Labute approximate surface area is 148 Å². The highest BCUT2D eigenvalue weighted by molar-refractivity contribution is 5.79. The molecule has 2 fully saturated rings. The Morgan fingerprint density at radius 1 is 1.40 bits per heavy atom. The van der Waals surface area contributed by atoms with Crippen molar-refractivity contribution in [3.05, 3.63) is 42.6 Å². The quantitative estimate of drug-likeness (QED) is 0.838. The summed E-state index contributed by atoms with van der Waals surface area (Å²) in [6, 6.07) is 5.86. The Hall–Kier alpha value is -2.08. The molecule has 4 rings (SSSR count). The zero-order chi connectivity index (χ0) is 17.1. The van der Waals surface area contributed by atoms with Gasteiger partial charge in [-0.15, -0.1) is 0 Å². The summed E-state index contributed by atoms with van der Waals surface area (Å²) in [6.45, 7) is 4.31. The fraction of sp³-hybridized carbons (Fsp3) is 0.579. The third kappa shape index (κ3) is 4.12. The van der Waals surface area contributed by atoms with Gasteiger partial charge in [-0.2, -0.15) is 5.10 Å². The van der Waals surface area contributed by atoms with E-state index in [0.717, 1.165) is 51.3 Å². The lowest BCUT2D eigenvalue weighted by Crippen LogP contribution is -2.44. The second-order valence-electron chi connectivity index (χ2n) is 7.58. The molecule has 6 heteroatoms. The van der Waals surface area contributed by atoms with Gasteiger partial charge < -0.3 is 9.73 Å². The average Bonchev–Trinajstić information content (AvgIpc) is 3.01. The predicted octanol–water partition coefficient (Wildman–Crippen LogP) is 2.28. The summed E-state index contributed by atoms with van der Waals surface area (Å²) in [5.41, 5.74) is 0.213. The summed E-state index contributed by atoms with van der Waals surface area (Å²) in [5.74, 6) is 1.26. The van der Waals surface area contributed by atoms with Gasteiger partial charge in [-0.1, -0.05) is 0 Å². The lowest BCUT2D eigenvalue weighted by Gasteiger charge is -2.31. The largest absolute Gasteiger partial charge is 0.468 e. The van der Waals surface area contributed by atoms with Gasteiger partial charge in [-0.05, 0) is 50.4 Å². The van der Waals surface area contributed by atoms with E-state index in [0.29, 0.717) is 0 Å². The highest BCUT2D eigenvalue weighted by Gasteiger charge is 2.43. The van der Waals surface area contributed by atoms with Gasteiger partial charge in [0.05, 0.1) is 18.7 Å². The van der Waals surface area contributed by atoms with Gasteiger partial charge in [0.15, 0.2) is 0 Å². The van der Waals surface area contributed by atoms with Gasteiger partial charge in [0, 0.05) is 37.4 Å². The van der Waals surface area contributed by atoms with Crippen LogP contribution in [-0.4, -0.2) is 40.2 Å². The number of likely N-dealkylation sites (tertiary alicyclic amines) is 1. The number of carbonyl (C=O) groups is 1. The Morgan fingerprint density at radius 2 is 2.32 bits per heavy atom. The number of aromatic nitrogens is 2.